The van der Waals surface area contributed by atoms with Crippen molar-refractivity contribution in [3.63, 3.8) is 0 Å². The van der Waals surface area contributed by atoms with Crippen molar-refractivity contribution < 1.29 is 14.3 Å². The third kappa shape index (κ3) is 6.00. The van der Waals surface area contributed by atoms with Gasteiger partial charge >= 0.3 is 11.8 Å². The quantitative estimate of drug-likeness (QED) is 0.525. The Morgan fingerprint density at radius 3 is 2.74 bits per heavy atom. The van der Waals surface area contributed by atoms with Gasteiger partial charge in [0.1, 0.15) is 13.3 Å². The summed E-state index contributed by atoms with van der Waals surface area (Å²) >= 11 is 1.33. The molecule has 0 aliphatic heterocycles. The minimum absolute atomic E-state index is 0.0588. The highest BCUT2D eigenvalue weighted by atomic mass is 32.2. The molecule has 2 N–H and O–H groups in total. The molecular formula is C18H23N3O5S. The number of hydrogen-bond donors (Lipinski definition) is 2. The molecule has 8 nitrogen and oxygen atoms in total. The number of hydrogen-bond acceptors (Lipinski definition) is 6. The van der Waals surface area contributed by atoms with Crippen molar-refractivity contribution >= 4 is 17.9 Å². The molecule has 0 fully saturated rings. The van der Waals surface area contributed by atoms with Gasteiger partial charge in [-0.1, -0.05) is 29.5 Å². The van der Waals surface area contributed by atoms with Crippen molar-refractivity contribution in [2.45, 2.75) is 37.4 Å². The van der Waals surface area contributed by atoms with E-state index in [9.17, 15) is 14.4 Å². The molecule has 2 rings (SSSR count). The van der Waals surface area contributed by atoms with Gasteiger partial charge in [0.05, 0.1) is 11.6 Å². The highest BCUT2D eigenvalue weighted by Crippen LogP contribution is 2.28. The molecule has 0 aliphatic rings. The van der Waals surface area contributed by atoms with Crippen LogP contribution < -0.4 is 16.6 Å². The lowest BCUT2D eigenvalue weighted by atomic mass is 10.2. The van der Waals surface area contributed by atoms with Crippen molar-refractivity contribution in [1.29, 1.82) is 0 Å². The van der Waals surface area contributed by atoms with E-state index in [0.717, 1.165) is 10.5 Å². The Balaban J connectivity index is 2.11. The third-order valence-electron chi connectivity index (χ3n) is 3.58. The Bertz CT molecular complexity index is 907. The van der Waals surface area contributed by atoms with Crippen molar-refractivity contribution in [3.8, 4) is 0 Å². The van der Waals surface area contributed by atoms with Crippen molar-refractivity contribution in [3.05, 3.63) is 56.2 Å². The molecule has 1 aromatic carbocycles. The van der Waals surface area contributed by atoms with Crippen molar-refractivity contribution in [1.82, 2.24) is 14.9 Å². The van der Waals surface area contributed by atoms with Crippen LogP contribution in [0.5, 0.6) is 0 Å². The standard InChI is InChI=1S/C18H23N3O5S/c1-4-19-18(24)26-9-8-25-11-21-16(13(3)15(22)20-17(21)23)27-14-7-5-6-12(2)10-14/h5-7,10H,4,8-9,11H2,1-3H3,(H,19,24)(H,20,22,23). The van der Waals surface area contributed by atoms with Crippen LogP contribution >= 0.6 is 11.8 Å². The molecule has 146 valence electrons. The van der Waals surface area contributed by atoms with Gasteiger partial charge in [-0.25, -0.2) is 9.59 Å². The minimum Gasteiger partial charge on any atom is -0.447 e. The first kappa shape index (κ1) is 20.8. The second kappa shape index (κ2) is 9.98. The maximum absolute atomic E-state index is 12.2. The molecular weight excluding hydrogens is 370 g/mol. The van der Waals surface area contributed by atoms with Gasteiger partial charge < -0.3 is 14.8 Å². The summed E-state index contributed by atoms with van der Waals surface area (Å²) in [5.74, 6) is 0. The number of rotatable bonds is 8. The van der Waals surface area contributed by atoms with E-state index in [1.54, 1.807) is 13.8 Å². The fourth-order valence-electron chi connectivity index (χ4n) is 2.23. The Labute approximate surface area is 160 Å². The van der Waals surface area contributed by atoms with E-state index in [-0.39, 0.29) is 19.9 Å². The molecule has 1 amide bonds. The Morgan fingerprint density at radius 1 is 1.26 bits per heavy atom. The Kier molecular flexibility index (Phi) is 7.68. The number of carbonyl (C=O) groups is 1. The summed E-state index contributed by atoms with van der Waals surface area (Å²) in [7, 11) is 0. The summed E-state index contributed by atoms with van der Waals surface area (Å²) in [6, 6.07) is 7.77. The predicted octanol–water partition coefficient (Wildman–Crippen LogP) is 2.02. The third-order valence-corrected chi connectivity index (χ3v) is 4.79. The lowest BCUT2D eigenvalue weighted by Crippen LogP contribution is -2.34. The van der Waals surface area contributed by atoms with E-state index in [1.165, 1.54) is 16.3 Å². The summed E-state index contributed by atoms with van der Waals surface area (Å²) < 4.78 is 11.7. The van der Waals surface area contributed by atoms with E-state index in [0.29, 0.717) is 17.1 Å². The summed E-state index contributed by atoms with van der Waals surface area (Å²) in [4.78, 5) is 38.6. The van der Waals surface area contributed by atoms with Crippen LogP contribution in [0.2, 0.25) is 0 Å². The zero-order chi connectivity index (χ0) is 19.8. The van der Waals surface area contributed by atoms with E-state index >= 15 is 0 Å². The van der Waals surface area contributed by atoms with E-state index < -0.39 is 17.3 Å². The van der Waals surface area contributed by atoms with E-state index in [4.69, 9.17) is 9.47 Å². The van der Waals surface area contributed by atoms with Gasteiger partial charge in [0.25, 0.3) is 5.56 Å². The molecule has 0 spiro atoms. The molecule has 0 aliphatic carbocycles. The zero-order valence-corrected chi connectivity index (χ0v) is 16.4. The predicted molar refractivity (Wildman–Crippen MR) is 102 cm³/mol. The second-order valence-corrected chi connectivity index (χ2v) is 6.80. The van der Waals surface area contributed by atoms with Gasteiger partial charge in [-0.2, -0.15) is 0 Å². The number of nitrogens with one attached hydrogen (secondary N) is 2. The molecule has 1 aromatic heterocycles. The molecule has 27 heavy (non-hydrogen) atoms. The van der Waals surface area contributed by atoms with Crippen LogP contribution in [0, 0.1) is 13.8 Å². The first-order valence-corrected chi connectivity index (χ1v) is 9.30. The summed E-state index contributed by atoms with van der Waals surface area (Å²) in [5.41, 5.74) is 0.537. The topological polar surface area (TPSA) is 102 Å². The van der Waals surface area contributed by atoms with Crippen molar-refractivity contribution in [2.75, 3.05) is 19.8 Å². The van der Waals surface area contributed by atoms with Crippen LogP contribution in [0.3, 0.4) is 0 Å². The summed E-state index contributed by atoms with van der Waals surface area (Å²) in [6.07, 6.45) is -0.520. The number of nitrogens with zero attached hydrogens (tertiary/aromatic N) is 1. The monoisotopic (exact) mass is 393 g/mol. The number of amides is 1. The van der Waals surface area contributed by atoms with Crippen LogP contribution in [0.15, 0.2) is 43.8 Å². The fraction of sp³-hybridized carbons (Fsp3) is 0.389. The molecule has 9 heteroatoms. The SMILES string of the molecule is CCNC(=O)OCCOCn1c(Sc2cccc(C)c2)c(C)c(=O)[nH]c1=O. The van der Waals surface area contributed by atoms with E-state index in [1.807, 2.05) is 31.2 Å². The first-order valence-electron chi connectivity index (χ1n) is 8.49. The lowest BCUT2D eigenvalue weighted by Gasteiger charge is -2.14. The maximum Gasteiger partial charge on any atom is 0.407 e. The number of aromatic nitrogens is 2. The van der Waals surface area contributed by atoms with Crippen LogP contribution in [-0.2, 0) is 16.2 Å². The molecule has 2 aromatic rings. The number of ether oxygens (including phenoxy) is 2. The first-order chi connectivity index (χ1) is 12.9. The highest BCUT2D eigenvalue weighted by molar-refractivity contribution is 7.99. The minimum atomic E-state index is -0.551. The number of H-pyrrole nitrogens is 1. The smallest absolute Gasteiger partial charge is 0.407 e. The Morgan fingerprint density at radius 2 is 2.04 bits per heavy atom. The van der Waals surface area contributed by atoms with Gasteiger partial charge in [0.15, 0.2) is 0 Å². The Hall–Kier alpha value is -2.52. The van der Waals surface area contributed by atoms with Gasteiger partial charge in [-0.3, -0.25) is 14.3 Å². The fourth-order valence-corrected chi connectivity index (χ4v) is 3.34. The molecule has 0 bridgehead atoms. The van der Waals surface area contributed by atoms with Crippen molar-refractivity contribution in [2.24, 2.45) is 0 Å². The normalized spacial score (nSPS) is 10.6. The largest absolute Gasteiger partial charge is 0.447 e. The number of alkyl carbamates (subject to hydrolysis) is 1. The second-order valence-electron chi connectivity index (χ2n) is 5.74. The lowest BCUT2D eigenvalue weighted by molar-refractivity contribution is 0.0328. The van der Waals surface area contributed by atoms with Gasteiger partial charge in [0.2, 0.25) is 0 Å². The molecule has 1 heterocycles. The maximum atomic E-state index is 12.2. The summed E-state index contributed by atoms with van der Waals surface area (Å²) in [5, 5.41) is 3.02. The highest BCUT2D eigenvalue weighted by Gasteiger charge is 2.13. The molecule has 0 atom stereocenters. The number of carbonyl (C=O) groups excluding carboxylic acids is 1. The van der Waals surface area contributed by atoms with Crippen LogP contribution in [0.25, 0.3) is 0 Å². The molecule has 0 saturated heterocycles. The molecule has 0 unspecified atom stereocenters. The average molecular weight is 393 g/mol. The van der Waals surface area contributed by atoms with Gasteiger partial charge in [-0.15, -0.1) is 0 Å². The van der Waals surface area contributed by atoms with Gasteiger partial charge in [0, 0.05) is 17.0 Å². The van der Waals surface area contributed by atoms with Crippen LogP contribution in [-0.4, -0.2) is 35.4 Å². The number of aromatic amines is 1. The van der Waals surface area contributed by atoms with Crippen LogP contribution in [0.4, 0.5) is 4.79 Å². The zero-order valence-electron chi connectivity index (χ0n) is 15.5. The van der Waals surface area contributed by atoms with E-state index in [2.05, 4.69) is 10.3 Å². The number of aryl methyl sites for hydroxylation is 1. The molecule has 0 saturated carbocycles. The molecule has 0 radical (unpaired) electrons. The summed E-state index contributed by atoms with van der Waals surface area (Å²) in [6.45, 7) is 6.01. The van der Waals surface area contributed by atoms with Gasteiger partial charge in [-0.05, 0) is 32.9 Å². The number of benzene rings is 1. The average Bonchev–Trinajstić information content (AvgIpc) is 2.61. The van der Waals surface area contributed by atoms with Crippen LogP contribution in [0.1, 0.15) is 18.1 Å².